The van der Waals surface area contributed by atoms with E-state index in [4.69, 9.17) is 0 Å². The van der Waals surface area contributed by atoms with E-state index in [2.05, 4.69) is 10.6 Å². The van der Waals surface area contributed by atoms with Gasteiger partial charge in [0.15, 0.2) is 0 Å². The van der Waals surface area contributed by atoms with Gasteiger partial charge in [0, 0.05) is 19.6 Å². The fourth-order valence-corrected chi connectivity index (χ4v) is 5.26. The zero-order chi connectivity index (χ0) is 18.7. The van der Waals surface area contributed by atoms with E-state index in [9.17, 15) is 17.6 Å². The second-order valence-electron chi connectivity index (χ2n) is 7.18. The summed E-state index contributed by atoms with van der Waals surface area (Å²) >= 11 is 0. The topological polar surface area (TPSA) is 78.5 Å². The van der Waals surface area contributed by atoms with Gasteiger partial charge in [-0.2, -0.15) is 4.31 Å². The average Bonchev–Trinajstić information content (AvgIpc) is 3.17. The van der Waals surface area contributed by atoms with Crippen molar-refractivity contribution in [2.75, 3.05) is 26.2 Å². The van der Waals surface area contributed by atoms with Crippen LogP contribution in [0.4, 0.5) is 4.39 Å². The molecule has 152 valence electrons. The third kappa shape index (κ3) is 5.19. The van der Waals surface area contributed by atoms with Gasteiger partial charge in [-0.15, -0.1) is 12.4 Å². The van der Waals surface area contributed by atoms with Crippen LogP contribution in [0.25, 0.3) is 0 Å². The molecule has 2 unspecified atom stereocenters. The first kappa shape index (κ1) is 22.1. The predicted octanol–water partition coefficient (Wildman–Crippen LogP) is 1.82. The molecule has 27 heavy (non-hydrogen) atoms. The summed E-state index contributed by atoms with van der Waals surface area (Å²) in [5, 5.41) is 6.11. The number of sulfonamides is 1. The van der Waals surface area contributed by atoms with Crippen LogP contribution in [-0.4, -0.2) is 50.9 Å². The number of nitrogens with one attached hydrogen (secondary N) is 2. The smallest absolute Gasteiger partial charge is 0.243 e. The Bertz CT molecular complexity index is 769. The van der Waals surface area contributed by atoms with E-state index in [0.29, 0.717) is 25.2 Å². The zero-order valence-corrected chi connectivity index (χ0v) is 17.0. The average molecular weight is 420 g/mol. The molecule has 0 aromatic heterocycles. The Morgan fingerprint density at radius 3 is 2.78 bits per heavy atom. The van der Waals surface area contributed by atoms with Gasteiger partial charge in [-0.25, -0.2) is 12.8 Å². The largest absolute Gasteiger partial charge is 0.354 e. The molecule has 2 N–H and O–H groups in total. The molecule has 2 aliphatic rings. The summed E-state index contributed by atoms with van der Waals surface area (Å²) in [6.45, 7) is 3.72. The summed E-state index contributed by atoms with van der Waals surface area (Å²) in [5.74, 6) is -0.328. The highest BCUT2D eigenvalue weighted by atomic mass is 35.5. The van der Waals surface area contributed by atoms with Crippen molar-refractivity contribution in [3.8, 4) is 0 Å². The van der Waals surface area contributed by atoms with Crippen LogP contribution in [0, 0.1) is 18.7 Å². The molecule has 0 radical (unpaired) electrons. The molecular formula is C18H27ClFN3O3S. The molecule has 0 aliphatic carbocycles. The third-order valence-corrected chi connectivity index (χ3v) is 7.05. The van der Waals surface area contributed by atoms with Crippen molar-refractivity contribution >= 4 is 28.3 Å². The second kappa shape index (κ2) is 9.32. The van der Waals surface area contributed by atoms with Crippen molar-refractivity contribution in [2.45, 2.75) is 43.5 Å². The Kier molecular flexibility index (Phi) is 7.62. The molecule has 6 nitrogen and oxygen atoms in total. The van der Waals surface area contributed by atoms with E-state index in [1.807, 2.05) is 0 Å². The summed E-state index contributed by atoms with van der Waals surface area (Å²) in [5.41, 5.74) is 0.316. The fourth-order valence-electron chi connectivity index (χ4n) is 3.61. The molecule has 2 fully saturated rings. The van der Waals surface area contributed by atoms with Gasteiger partial charge in [0.2, 0.25) is 15.9 Å². The molecule has 2 aliphatic heterocycles. The lowest BCUT2D eigenvalue weighted by molar-refractivity contribution is -0.123. The van der Waals surface area contributed by atoms with Gasteiger partial charge in [-0.3, -0.25) is 4.79 Å². The monoisotopic (exact) mass is 419 g/mol. The van der Waals surface area contributed by atoms with Gasteiger partial charge in [-0.1, -0.05) is 0 Å². The Morgan fingerprint density at radius 2 is 2.11 bits per heavy atom. The van der Waals surface area contributed by atoms with E-state index in [0.717, 1.165) is 32.2 Å². The maximum Gasteiger partial charge on any atom is 0.243 e. The summed E-state index contributed by atoms with van der Waals surface area (Å²) < 4.78 is 40.6. The minimum atomic E-state index is -3.65. The van der Waals surface area contributed by atoms with Gasteiger partial charge >= 0.3 is 0 Å². The first-order valence-corrected chi connectivity index (χ1v) is 10.6. The minimum absolute atomic E-state index is 0. The summed E-state index contributed by atoms with van der Waals surface area (Å²) in [4.78, 5) is 12.2. The number of carbonyl (C=O) groups excluding carboxylic acids is 1. The van der Waals surface area contributed by atoms with Crippen LogP contribution in [0.3, 0.4) is 0 Å². The van der Waals surface area contributed by atoms with Crippen LogP contribution >= 0.6 is 12.4 Å². The number of nitrogens with zero attached hydrogens (tertiary/aromatic N) is 1. The zero-order valence-electron chi connectivity index (χ0n) is 15.4. The van der Waals surface area contributed by atoms with Gasteiger partial charge in [-0.05, 0) is 68.8 Å². The standard InChI is InChI=1S/C18H26FN3O3S.ClH/c1-13-10-15(6-7-16(13)19)26(24,25)22-9-3-4-14(12-22)11-21-18(23)17-5-2-8-20-17;/h6-7,10,14,17,20H,2-5,8-9,11-12H2,1H3,(H,21,23);1H. The molecule has 1 aromatic rings. The first-order valence-electron chi connectivity index (χ1n) is 9.15. The van der Waals surface area contributed by atoms with Crippen LogP contribution in [0.1, 0.15) is 31.2 Å². The van der Waals surface area contributed by atoms with Gasteiger partial charge < -0.3 is 10.6 Å². The number of aryl methyl sites for hydroxylation is 1. The van der Waals surface area contributed by atoms with Crippen molar-refractivity contribution in [1.82, 2.24) is 14.9 Å². The quantitative estimate of drug-likeness (QED) is 0.763. The Hall–Kier alpha value is -1.22. The van der Waals surface area contributed by atoms with E-state index in [-0.39, 0.29) is 35.2 Å². The van der Waals surface area contributed by atoms with Crippen molar-refractivity contribution in [2.24, 2.45) is 5.92 Å². The van der Waals surface area contributed by atoms with Crippen LogP contribution in [0.2, 0.25) is 0 Å². The molecule has 1 amide bonds. The van der Waals surface area contributed by atoms with Gasteiger partial charge in [0.05, 0.1) is 10.9 Å². The van der Waals surface area contributed by atoms with Crippen LogP contribution in [0.5, 0.6) is 0 Å². The van der Waals surface area contributed by atoms with Gasteiger partial charge in [0.25, 0.3) is 0 Å². The van der Waals surface area contributed by atoms with Crippen LogP contribution < -0.4 is 10.6 Å². The Morgan fingerprint density at radius 1 is 1.33 bits per heavy atom. The number of halogens is 2. The highest BCUT2D eigenvalue weighted by Crippen LogP contribution is 2.24. The second-order valence-corrected chi connectivity index (χ2v) is 9.11. The highest BCUT2D eigenvalue weighted by Gasteiger charge is 2.31. The summed E-state index contributed by atoms with van der Waals surface area (Å²) in [7, 11) is -3.65. The lowest BCUT2D eigenvalue weighted by atomic mass is 9.99. The third-order valence-electron chi connectivity index (χ3n) is 5.19. The molecule has 2 atom stereocenters. The number of carbonyl (C=O) groups is 1. The Labute approximate surface area is 166 Å². The number of benzene rings is 1. The fraction of sp³-hybridized carbons (Fsp3) is 0.611. The molecule has 9 heteroatoms. The van der Waals surface area contributed by atoms with E-state index in [1.165, 1.54) is 22.5 Å². The maximum atomic E-state index is 13.4. The molecule has 1 aromatic carbocycles. The summed E-state index contributed by atoms with van der Waals surface area (Å²) in [6, 6.07) is 3.76. The number of piperidine rings is 1. The number of hydrogen-bond donors (Lipinski definition) is 2. The van der Waals surface area contributed by atoms with Crippen molar-refractivity contribution in [1.29, 1.82) is 0 Å². The Balaban J connectivity index is 0.00000261. The van der Waals surface area contributed by atoms with Crippen LogP contribution in [-0.2, 0) is 14.8 Å². The van der Waals surface area contributed by atoms with E-state index in [1.54, 1.807) is 6.92 Å². The molecule has 2 saturated heterocycles. The van der Waals surface area contributed by atoms with Gasteiger partial charge in [0.1, 0.15) is 5.82 Å². The molecule has 3 rings (SSSR count). The minimum Gasteiger partial charge on any atom is -0.354 e. The van der Waals surface area contributed by atoms with Crippen LogP contribution in [0.15, 0.2) is 23.1 Å². The number of amides is 1. The lowest BCUT2D eigenvalue weighted by Gasteiger charge is -2.32. The predicted molar refractivity (Wildman–Crippen MR) is 104 cm³/mol. The molecular weight excluding hydrogens is 393 g/mol. The number of rotatable bonds is 5. The molecule has 0 saturated carbocycles. The van der Waals surface area contributed by atoms with Crippen molar-refractivity contribution in [3.63, 3.8) is 0 Å². The van der Waals surface area contributed by atoms with Crippen molar-refractivity contribution < 1.29 is 17.6 Å². The molecule has 0 spiro atoms. The van der Waals surface area contributed by atoms with E-state index < -0.39 is 15.8 Å². The normalized spacial score (nSPS) is 23.6. The highest BCUT2D eigenvalue weighted by molar-refractivity contribution is 7.89. The maximum absolute atomic E-state index is 13.4. The molecule has 0 bridgehead atoms. The number of hydrogen-bond acceptors (Lipinski definition) is 4. The van der Waals surface area contributed by atoms with E-state index >= 15 is 0 Å². The molecule has 2 heterocycles. The SMILES string of the molecule is Cc1cc(S(=O)(=O)N2CCCC(CNC(=O)C3CCCN3)C2)ccc1F.Cl. The lowest BCUT2D eigenvalue weighted by Crippen LogP contribution is -2.46. The summed E-state index contributed by atoms with van der Waals surface area (Å²) in [6.07, 6.45) is 3.49. The van der Waals surface area contributed by atoms with Crippen molar-refractivity contribution in [3.05, 3.63) is 29.6 Å². The first-order chi connectivity index (χ1) is 12.4.